The number of hydrogen-bond donors (Lipinski definition) is 0. The Morgan fingerprint density at radius 3 is 2.24 bits per heavy atom. The summed E-state index contributed by atoms with van der Waals surface area (Å²) in [5.74, 6) is -1.48. The summed E-state index contributed by atoms with van der Waals surface area (Å²) in [4.78, 5) is 0.356. The van der Waals surface area contributed by atoms with Crippen molar-refractivity contribution in [1.82, 2.24) is 0 Å². The normalized spacial score (nSPS) is 9.53. The monoisotopic (exact) mass is 281 g/mol. The summed E-state index contributed by atoms with van der Waals surface area (Å²) >= 11 is 5.14. The second kappa shape index (κ2) is 6.15. The zero-order valence-electron chi connectivity index (χ0n) is 8.71. The maximum absolute atomic E-state index is 13.4. The van der Waals surface area contributed by atoms with E-state index >= 15 is 0 Å². The Hall–Kier alpha value is -0.896. The molecule has 0 radical (unpaired) electrons. The van der Waals surface area contributed by atoms with Crippen LogP contribution in [0.2, 0.25) is 0 Å². The SMILES string of the molecule is Fc1[c-]c(F)c(C(=S)c2ccccc2)cc1.[Ti]. The Bertz CT molecular complexity index is 526. The van der Waals surface area contributed by atoms with Crippen molar-refractivity contribution in [1.29, 1.82) is 0 Å². The molecule has 0 heterocycles. The van der Waals surface area contributed by atoms with E-state index in [1.54, 1.807) is 12.1 Å². The summed E-state index contributed by atoms with van der Waals surface area (Å²) in [7, 11) is 0. The molecular weight excluding hydrogens is 274 g/mol. The van der Waals surface area contributed by atoms with Crippen LogP contribution in [0, 0.1) is 17.7 Å². The van der Waals surface area contributed by atoms with Crippen molar-refractivity contribution >= 4 is 17.1 Å². The molecule has 0 nitrogen and oxygen atoms in total. The van der Waals surface area contributed by atoms with Gasteiger partial charge in [0.15, 0.2) is 0 Å². The van der Waals surface area contributed by atoms with Gasteiger partial charge in [-0.15, -0.1) is 12.1 Å². The number of rotatable bonds is 2. The average Bonchev–Trinajstić information content (AvgIpc) is 2.29. The zero-order valence-corrected chi connectivity index (χ0v) is 11.1. The average molecular weight is 281 g/mol. The second-order valence-electron chi connectivity index (χ2n) is 3.23. The smallest absolute Gasteiger partial charge is 0.0220 e. The molecular formula is C13H7F2STi-. The molecule has 2 aromatic carbocycles. The summed E-state index contributed by atoms with van der Waals surface area (Å²) in [5.41, 5.74) is 0.930. The first kappa shape index (κ1) is 14.2. The summed E-state index contributed by atoms with van der Waals surface area (Å²) < 4.78 is 26.1. The molecule has 0 saturated heterocycles. The molecule has 2 aromatic rings. The largest absolute Gasteiger partial charge is 0.236 e. The van der Waals surface area contributed by atoms with E-state index in [1.165, 1.54) is 6.07 Å². The third-order valence-electron chi connectivity index (χ3n) is 2.14. The van der Waals surface area contributed by atoms with Crippen LogP contribution < -0.4 is 0 Å². The molecule has 0 unspecified atom stereocenters. The number of hydrogen-bond acceptors (Lipinski definition) is 1. The summed E-state index contributed by atoms with van der Waals surface area (Å²) in [5, 5.41) is 0. The van der Waals surface area contributed by atoms with Gasteiger partial charge in [0.05, 0.1) is 0 Å². The Morgan fingerprint density at radius 1 is 1.00 bits per heavy atom. The fourth-order valence-electron chi connectivity index (χ4n) is 1.36. The van der Waals surface area contributed by atoms with Crippen molar-refractivity contribution in [2.24, 2.45) is 0 Å². The van der Waals surface area contributed by atoms with Crippen molar-refractivity contribution < 1.29 is 30.5 Å². The molecule has 17 heavy (non-hydrogen) atoms. The van der Waals surface area contributed by atoms with Crippen LogP contribution in [0.5, 0.6) is 0 Å². The molecule has 0 spiro atoms. The van der Waals surface area contributed by atoms with E-state index < -0.39 is 11.6 Å². The van der Waals surface area contributed by atoms with E-state index in [1.807, 2.05) is 24.3 Å². The number of halogens is 2. The van der Waals surface area contributed by atoms with Gasteiger partial charge in [-0.25, -0.2) is 8.78 Å². The molecule has 84 valence electrons. The van der Waals surface area contributed by atoms with Crippen molar-refractivity contribution in [2.75, 3.05) is 0 Å². The fourth-order valence-corrected chi connectivity index (χ4v) is 1.66. The van der Waals surface area contributed by atoms with Gasteiger partial charge in [0, 0.05) is 33.4 Å². The van der Waals surface area contributed by atoms with Crippen LogP contribution in [-0.2, 0) is 21.7 Å². The van der Waals surface area contributed by atoms with Gasteiger partial charge >= 0.3 is 0 Å². The van der Waals surface area contributed by atoms with Gasteiger partial charge in [0.25, 0.3) is 0 Å². The molecule has 0 N–H and O–H groups in total. The number of benzene rings is 2. The van der Waals surface area contributed by atoms with E-state index in [-0.39, 0.29) is 27.3 Å². The van der Waals surface area contributed by atoms with Gasteiger partial charge in [0.2, 0.25) is 0 Å². The van der Waals surface area contributed by atoms with Gasteiger partial charge in [-0.05, 0) is 10.4 Å². The second-order valence-corrected chi connectivity index (χ2v) is 3.64. The van der Waals surface area contributed by atoms with Crippen LogP contribution >= 0.6 is 12.2 Å². The molecule has 0 bridgehead atoms. The maximum Gasteiger partial charge on any atom is 0.0220 e. The standard InChI is InChI=1S/C13H7F2S.Ti/c14-10-6-7-11(12(15)8-10)13(16)9-4-2-1-3-5-9;/h1-7H;/q-1;. The van der Waals surface area contributed by atoms with E-state index in [4.69, 9.17) is 12.2 Å². The molecule has 0 saturated carbocycles. The predicted octanol–water partition coefficient (Wildman–Crippen LogP) is 3.53. The van der Waals surface area contributed by atoms with E-state index in [0.717, 1.165) is 11.6 Å². The molecule has 0 amide bonds. The van der Waals surface area contributed by atoms with Gasteiger partial charge in [-0.3, -0.25) is 0 Å². The van der Waals surface area contributed by atoms with Crippen LogP contribution in [0.25, 0.3) is 0 Å². The van der Waals surface area contributed by atoms with Crippen LogP contribution in [0.15, 0.2) is 42.5 Å². The van der Waals surface area contributed by atoms with Gasteiger partial charge in [-0.1, -0.05) is 48.1 Å². The van der Waals surface area contributed by atoms with E-state index in [0.29, 0.717) is 4.86 Å². The van der Waals surface area contributed by atoms with Crippen LogP contribution in [-0.4, -0.2) is 4.86 Å². The Kier molecular flexibility index (Phi) is 5.12. The predicted molar refractivity (Wildman–Crippen MR) is 62.4 cm³/mol. The molecule has 0 aliphatic heterocycles. The Balaban J connectivity index is 0.00000144. The van der Waals surface area contributed by atoms with Crippen LogP contribution in [0.1, 0.15) is 11.1 Å². The fraction of sp³-hybridized carbons (Fsp3) is 0. The third-order valence-corrected chi connectivity index (χ3v) is 2.60. The summed E-state index contributed by atoms with van der Waals surface area (Å²) in [6.07, 6.45) is 0. The van der Waals surface area contributed by atoms with Gasteiger partial charge < -0.3 is 0 Å². The zero-order chi connectivity index (χ0) is 11.5. The topological polar surface area (TPSA) is 0 Å². The van der Waals surface area contributed by atoms with Crippen molar-refractivity contribution in [3.63, 3.8) is 0 Å². The quantitative estimate of drug-likeness (QED) is 0.351. The Morgan fingerprint density at radius 2 is 1.65 bits per heavy atom. The minimum Gasteiger partial charge on any atom is -0.236 e. The molecule has 4 heteroatoms. The molecule has 2 rings (SSSR count). The summed E-state index contributed by atoms with van der Waals surface area (Å²) in [6, 6.07) is 13.5. The first-order valence-electron chi connectivity index (χ1n) is 4.65. The first-order chi connectivity index (χ1) is 7.68. The van der Waals surface area contributed by atoms with Crippen molar-refractivity contribution in [2.45, 2.75) is 0 Å². The molecule has 0 aliphatic rings. The van der Waals surface area contributed by atoms with Gasteiger partial charge in [-0.2, -0.15) is 6.07 Å². The van der Waals surface area contributed by atoms with Gasteiger partial charge in [0.1, 0.15) is 0 Å². The molecule has 0 aromatic heterocycles. The van der Waals surface area contributed by atoms with Crippen molar-refractivity contribution in [3.05, 3.63) is 71.3 Å². The molecule has 0 fully saturated rings. The Labute approximate surface area is 119 Å². The van der Waals surface area contributed by atoms with Crippen molar-refractivity contribution in [3.8, 4) is 0 Å². The van der Waals surface area contributed by atoms with E-state index in [2.05, 4.69) is 0 Å². The minimum atomic E-state index is -0.756. The number of thiocarbonyl (C=S) groups is 1. The van der Waals surface area contributed by atoms with Crippen LogP contribution in [0.3, 0.4) is 0 Å². The first-order valence-corrected chi connectivity index (χ1v) is 5.06. The van der Waals surface area contributed by atoms with Crippen LogP contribution in [0.4, 0.5) is 8.78 Å². The maximum atomic E-state index is 13.4. The molecule has 0 atom stereocenters. The van der Waals surface area contributed by atoms with E-state index in [9.17, 15) is 8.78 Å². The molecule has 0 aliphatic carbocycles. The third kappa shape index (κ3) is 3.28. The minimum absolute atomic E-state index is 0. The summed E-state index contributed by atoms with van der Waals surface area (Å²) in [6.45, 7) is 0.